The van der Waals surface area contributed by atoms with E-state index in [0.717, 1.165) is 31.8 Å². The molecule has 1 heterocycles. The van der Waals surface area contributed by atoms with Gasteiger partial charge < -0.3 is 9.47 Å². The van der Waals surface area contributed by atoms with Gasteiger partial charge in [0.15, 0.2) is 0 Å². The van der Waals surface area contributed by atoms with Crippen LogP contribution < -0.4 is 0 Å². The molecule has 1 aromatic heterocycles. The van der Waals surface area contributed by atoms with E-state index in [9.17, 15) is 4.79 Å². The van der Waals surface area contributed by atoms with Crippen LogP contribution in [0, 0.1) is 6.92 Å². The molecule has 0 spiro atoms. The summed E-state index contributed by atoms with van der Waals surface area (Å²) in [6.07, 6.45) is 5.60. The van der Waals surface area contributed by atoms with E-state index < -0.39 is 0 Å². The summed E-state index contributed by atoms with van der Waals surface area (Å²) >= 11 is 0. The Kier molecular flexibility index (Phi) is 5.02. The maximum Gasteiger partial charge on any atom is 0.242 e. The highest BCUT2D eigenvalue weighted by Gasteiger charge is 2.12. The quantitative estimate of drug-likeness (QED) is 0.738. The first-order chi connectivity index (χ1) is 7.69. The summed E-state index contributed by atoms with van der Waals surface area (Å²) in [5.74, 6) is 1.08. The van der Waals surface area contributed by atoms with Crippen LogP contribution in [0.25, 0.3) is 0 Å². The van der Waals surface area contributed by atoms with Crippen LogP contribution >= 0.6 is 0 Å². The molecule has 0 unspecified atom stereocenters. The minimum Gasteiger partial charge on any atom is -0.341 e. The molecule has 0 aromatic carbocycles. The average molecular weight is 223 g/mol. The Morgan fingerprint density at radius 3 is 2.44 bits per heavy atom. The molecule has 16 heavy (non-hydrogen) atoms. The zero-order valence-electron chi connectivity index (χ0n) is 10.4. The summed E-state index contributed by atoms with van der Waals surface area (Å²) in [7, 11) is 0. The molecule has 4 heteroatoms. The Balaban J connectivity index is 2.58. The average Bonchev–Trinajstić information content (AvgIpc) is 2.64. The topological polar surface area (TPSA) is 38.1 Å². The first-order valence-corrected chi connectivity index (χ1v) is 5.94. The summed E-state index contributed by atoms with van der Waals surface area (Å²) in [6.45, 7) is 8.21. The Labute approximate surface area is 97.3 Å². The zero-order chi connectivity index (χ0) is 12.0. The van der Waals surface area contributed by atoms with Crippen molar-refractivity contribution >= 4 is 5.91 Å². The van der Waals surface area contributed by atoms with Crippen molar-refractivity contribution in [3.63, 3.8) is 0 Å². The molecule has 1 rings (SSSR count). The van der Waals surface area contributed by atoms with E-state index in [1.54, 1.807) is 6.20 Å². The van der Waals surface area contributed by atoms with Crippen molar-refractivity contribution in [1.29, 1.82) is 0 Å². The normalized spacial score (nSPS) is 10.4. The van der Waals surface area contributed by atoms with Gasteiger partial charge in [-0.15, -0.1) is 0 Å². The minimum absolute atomic E-state index is 0.185. The van der Waals surface area contributed by atoms with Gasteiger partial charge in [0.25, 0.3) is 0 Å². The molecule has 0 atom stereocenters. The Hall–Kier alpha value is -1.32. The van der Waals surface area contributed by atoms with Crippen LogP contribution in [0.3, 0.4) is 0 Å². The van der Waals surface area contributed by atoms with Gasteiger partial charge >= 0.3 is 0 Å². The number of nitrogens with zero attached hydrogens (tertiary/aromatic N) is 3. The predicted molar refractivity (Wildman–Crippen MR) is 64.1 cm³/mol. The van der Waals surface area contributed by atoms with Gasteiger partial charge in [0, 0.05) is 25.5 Å². The number of carbonyl (C=O) groups excluding carboxylic acids is 1. The van der Waals surface area contributed by atoms with Crippen LogP contribution in [0.5, 0.6) is 0 Å². The fourth-order valence-corrected chi connectivity index (χ4v) is 1.72. The van der Waals surface area contributed by atoms with Crippen LogP contribution in [0.1, 0.15) is 32.5 Å². The molecule has 0 saturated carbocycles. The maximum absolute atomic E-state index is 12.0. The lowest BCUT2D eigenvalue weighted by molar-refractivity contribution is -0.132. The molecule has 4 nitrogen and oxygen atoms in total. The molecule has 0 radical (unpaired) electrons. The predicted octanol–water partition coefficient (Wildman–Crippen LogP) is 1.84. The number of hydrogen-bond donors (Lipinski definition) is 0. The van der Waals surface area contributed by atoms with Crippen LogP contribution in [-0.2, 0) is 11.3 Å². The first-order valence-electron chi connectivity index (χ1n) is 5.94. The van der Waals surface area contributed by atoms with Gasteiger partial charge in [0.2, 0.25) is 5.91 Å². The zero-order valence-corrected chi connectivity index (χ0v) is 10.4. The van der Waals surface area contributed by atoms with Crippen molar-refractivity contribution in [1.82, 2.24) is 14.5 Å². The third-order valence-corrected chi connectivity index (χ3v) is 2.57. The highest BCUT2D eigenvalue weighted by molar-refractivity contribution is 5.76. The molecule has 0 aliphatic heterocycles. The van der Waals surface area contributed by atoms with E-state index in [1.807, 2.05) is 22.6 Å². The Morgan fingerprint density at radius 2 is 2.00 bits per heavy atom. The molecule has 0 fully saturated rings. The van der Waals surface area contributed by atoms with Gasteiger partial charge in [0.1, 0.15) is 12.4 Å². The smallest absolute Gasteiger partial charge is 0.242 e. The number of aryl methyl sites for hydroxylation is 1. The van der Waals surface area contributed by atoms with Crippen molar-refractivity contribution < 1.29 is 4.79 Å². The van der Waals surface area contributed by atoms with E-state index in [4.69, 9.17) is 0 Å². The van der Waals surface area contributed by atoms with Gasteiger partial charge in [-0.2, -0.15) is 0 Å². The number of rotatable bonds is 6. The molecule has 0 aliphatic carbocycles. The fourth-order valence-electron chi connectivity index (χ4n) is 1.72. The van der Waals surface area contributed by atoms with Gasteiger partial charge in [-0.1, -0.05) is 13.8 Å². The fraction of sp³-hybridized carbons (Fsp3) is 0.667. The second-order valence-corrected chi connectivity index (χ2v) is 3.98. The van der Waals surface area contributed by atoms with Crippen molar-refractivity contribution in [3.05, 3.63) is 18.2 Å². The summed E-state index contributed by atoms with van der Waals surface area (Å²) in [5, 5.41) is 0. The molecular weight excluding hydrogens is 202 g/mol. The van der Waals surface area contributed by atoms with Crippen molar-refractivity contribution in [2.45, 2.75) is 40.2 Å². The number of imidazole rings is 1. The lowest BCUT2D eigenvalue weighted by atomic mass is 10.3. The maximum atomic E-state index is 12.0. The summed E-state index contributed by atoms with van der Waals surface area (Å²) in [5.41, 5.74) is 0. The second-order valence-electron chi connectivity index (χ2n) is 3.98. The van der Waals surface area contributed by atoms with Crippen molar-refractivity contribution in [2.75, 3.05) is 13.1 Å². The second kappa shape index (κ2) is 6.30. The minimum atomic E-state index is 0.185. The Bertz CT molecular complexity index is 327. The third kappa shape index (κ3) is 3.36. The molecule has 0 N–H and O–H groups in total. The lowest BCUT2D eigenvalue weighted by Crippen LogP contribution is -2.35. The van der Waals surface area contributed by atoms with Crippen molar-refractivity contribution in [2.24, 2.45) is 0 Å². The van der Waals surface area contributed by atoms with Crippen LogP contribution in [0.4, 0.5) is 0 Å². The van der Waals surface area contributed by atoms with Gasteiger partial charge in [-0.25, -0.2) is 4.98 Å². The van der Waals surface area contributed by atoms with E-state index in [0.29, 0.717) is 6.54 Å². The van der Waals surface area contributed by atoms with Gasteiger partial charge in [0.05, 0.1) is 0 Å². The lowest BCUT2D eigenvalue weighted by Gasteiger charge is -2.21. The van der Waals surface area contributed by atoms with Crippen LogP contribution in [-0.4, -0.2) is 33.4 Å². The van der Waals surface area contributed by atoms with Crippen molar-refractivity contribution in [3.8, 4) is 0 Å². The van der Waals surface area contributed by atoms with Crippen LogP contribution in [0.2, 0.25) is 0 Å². The van der Waals surface area contributed by atoms with Gasteiger partial charge in [-0.05, 0) is 19.8 Å². The van der Waals surface area contributed by atoms with E-state index in [-0.39, 0.29) is 5.91 Å². The SMILES string of the molecule is CCCN(CCC)C(=O)Cn1ccnc1C. The molecule has 0 bridgehead atoms. The standard InChI is InChI=1S/C12H21N3O/c1-4-7-14(8-5-2)12(16)10-15-9-6-13-11(15)3/h6,9H,4-5,7-8,10H2,1-3H3. The molecule has 0 aliphatic rings. The summed E-state index contributed by atoms with van der Waals surface area (Å²) < 4.78 is 1.89. The molecule has 0 saturated heterocycles. The third-order valence-electron chi connectivity index (χ3n) is 2.57. The summed E-state index contributed by atoms with van der Waals surface area (Å²) in [6, 6.07) is 0. The molecular formula is C12H21N3O. The highest BCUT2D eigenvalue weighted by Crippen LogP contribution is 2.00. The van der Waals surface area contributed by atoms with Gasteiger partial charge in [-0.3, -0.25) is 4.79 Å². The largest absolute Gasteiger partial charge is 0.341 e. The number of aromatic nitrogens is 2. The Morgan fingerprint density at radius 1 is 1.38 bits per heavy atom. The monoisotopic (exact) mass is 223 g/mol. The number of amides is 1. The highest BCUT2D eigenvalue weighted by atomic mass is 16.2. The number of carbonyl (C=O) groups is 1. The molecule has 1 amide bonds. The number of hydrogen-bond acceptors (Lipinski definition) is 2. The summed E-state index contributed by atoms with van der Waals surface area (Å²) in [4.78, 5) is 18.1. The van der Waals surface area contributed by atoms with E-state index >= 15 is 0 Å². The van der Waals surface area contributed by atoms with Crippen LogP contribution in [0.15, 0.2) is 12.4 Å². The van der Waals surface area contributed by atoms with E-state index in [1.165, 1.54) is 0 Å². The molecule has 1 aromatic rings. The molecule has 90 valence electrons. The van der Waals surface area contributed by atoms with E-state index in [2.05, 4.69) is 18.8 Å². The first kappa shape index (κ1) is 12.7.